The molecule has 6 nitrogen and oxygen atoms in total. The molecule has 2 aromatic carbocycles. The van der Waals surface area contributed by atoms with Gasteiger partial charge in [-0.25, -0.2) is 0 Å². The summed E-state index contributed by atoms with van der Waals surface area (Å²) in [5.74, 6) is 0.256. The van der Waals surface area contributed by atoms with Crippen LogP contribution >= 0.6 is 11.8 Å². The summed E-state index contributed by atoms with van der Waals surface area (Å²) < 4.78 is 1.70. The molecule has 3 aromatic rings. The van der Waals surface area contributed by atoms with Crippen LogP contribution in [0.3, 0.4) is 0 Å². The van der Waals surface area contributed by atoms with E-state index in [-0.39, 0.29) is 11.2 Å². The molecule has 29 heavy (non-hydrogen) atoms. The van der Waals surface area contributed by atoms with E-state index in [0.29, 0.717) is 11.1 Å². The minimum atomic E-state index is -0.357. The molecule has 1 amide bonds. The maximum absolute atomic E-state index is 12.9. The quantitative estimate of drug-likeness (QED) is 0.590. The minimum absolute atomic E-state index is 0.0679. The number of carbonyl (C=O) groups is 1. The highest BCUT2D eigenvalue weighted by Crippen LogP contribution is 2.30. The summed E-state index contributed by atoms with van der Waals surface area (Å²) in [7, 11) is 0. The van der Waals surface area contributed by atoms with Gasteiger partial charge >= 0.3 is 0 Å². The fourth-order valence-electron chi connectivity index (χ4n) is 3.15. The lowest BCUT2D eigenvalue weighted by Crippen LogP contribution is -2.24. The molecule has 0 aliphatic carbocycles. The Morgan fingerprint density at radius 1 is 1.03 bits per heavy atom. The summed E-state index contributed by atoms with van der Waals surface area (Å²) in [5, 5.41) is 15.5. The zero-order chi connectivity index (χ0) is 21.1. The van der Waals surface area contributed by atoms with Gasteiger partial charge in [0.05, 0.1) is 10.9 Å². The average molecular weight is 410 g/mol. The monoisotopic (exact) mass is 409 g/mol. The van der Waals surface area contributed by atoms with Crippen LogP contribution in [0.1, 0.15) is 48.9 Å². The van der Waals surface area contributed by atoms with Crippen molar-refractivity contribution in [2.24, 2.45) is 0 Å². The Balaban J connectivity index is 1.81. The highest BCUT2D eigenvalue weighted by atomic mass is 32.2. The van der Waals surface area contributed by atoms with Crippen LogP contribution in [0.5, 0.6) is 0 Å². The van der Waals surface area contributed by atoms with Crippen LogP contribution in [-0.4, -0.2) is 31.4 Å². The van der Waals surface area contributed by atoms with Gasteiger partial charge in [0, 0.05) is 5.69 Å². The molecule has 0 fully saturated rings. The van der Waals surface area contributed by atoms with Crippen molar-refractivity contribution in [1.29, 1.82) is 0 Å². The van der Waals surface area contributed by atoms with Gasteiger partial charge in [0.15, 0.2) is 0 Å². The highest BCUT2D eigenvalue weighted by Gasteiger charge is 2.22. The maximum Gasteiger partial charge on any atom is 0.237 e. The molecule has 1 N–H and O–H groups in total. The number of para-hydroxylation sites is 1. The SMILES string of the molecule is Cc1cccc(-n2nnnc2S[C@@H](C)C(=O)Nc2c(C)cccc2C(C)C)c1C. The van der Waals surface area contributed by atoms with Gasteiger partial charge in [-0.2, -0.15) is 4.68 Å². The van der Waals surface area contributed by atoms with Gasteiger partial charge in [-0.1, -0.05) is 55.9 Å². The Morgan fingerprint density at radius 3 is 2.45 bits per heavy atom. The summed E-state index contributed by atoms with van der Waals surface area (Å²) in [6, 6.07) is 12.1. The lowest BCUT2D eigenvalue weighted by Gasteiger charge is -2.18. The lowest BCUT2D eigenvalue weighted by molar-refractivity contribution is -0.115. The third kappa shape index (κ3) is 4.50. The van der Waals surface area contributed by atoms with Crippen LogP contribution < -0.4 is 5.32 Å². The summed E-state index contributed by atoms with van der Waals surface area (Å²) >= 11 is 1.35. The molecule has 0 saturated heterocycles. The molecular weight excluding hydrogens is 382 g/mol. The van der Waals surface area contributed by atoms with E-state index in [0.717, 1.165) is 28.1 Å². The zero-order valence-corrected chi connectivity index (χ0v) is 18.5. The minimum Gasteiger partial charge on any atom is -0.325 e. The number of tetrazole rings is 1. The number of amides is 1. The zero-order valence-electron chi connectivity index (χ0n) is 17.7. The fraction of sp³-hybridized carbons (Fsp3) is 0.364. The number of hydrogen-bond donors (Lipinski definition) is 1. The third-order valence-electron chi connectivity index (χ3n) is 5.07. The number of nitrogens with zero attached hydrogens (tertiary/aromatic N) is 4. The molecule has 0 aliphatic rings. The highest BCUT2D eigenvalue weighted by molar-refractivity contribution is 8.00. The Bertz CT molecular complexity index is 1030. The number of aryl methyl sites for hydroxylation is 2. The van der Waals surface area contributed by atoms with Crippen molar-refractivity contribution in [2.45, 2.75) is 57.9 Å². The maximum atomic E-state index is 12.9. The first-order valence-corrected chi connectivity index (χ1v) is 10.6. The molecule has 0 saturated carbocycles. The topological polar surface area (TPSA) is 72.7 Å². The van der Waals surface area contributed by atoms with Gasteiger partial charge in [0.25, 0.3) is 0 Å². The van der Waals surface area contributed by atoms with Crippen LogP contribution in [0.25, 0.3) is 5.69 Å². The van der Waals surface area contributed by atoms with Gasteiger partial charge in [0.2, 0.25) is 11.1 Å². The van der Waals surface area contributed by atoms with Crippen molar-refractivity contribution in [1.82, 2.24) is 20.2 Å². The van der Waals surface area contributed by atoms with E-state index in [1.807, 2.05) is 45.0 Å². The first-order valence-electron chi connectivity index (χ1n) is 9.71. The van der Waals surface area contributed by atoms with Crippen LogP contribution in [-0.2, 0) is 4.79 Å². The van der Waals surface area contributed by atoms with Gasteiger partial charge < -0.3 is 5.32 Å². The van der Waals surface area contributed by atoms with E-state index >= 15 is 0 Å². The van der Waals surface area contributed by atoms with E-state index in [1.165, 1.54) is 17.3 Å². The second-order valence-corrected chi connectivity index (χ2v) is 8.84. The summed E-state index contributed by atoms with van der Waals surface area (Å²) in [4.78, 5) is 12.9. The van der Waals surface area contributed by atoms with Gasteiger partial charge in [0.1, 0.15) is 0 Å². The normalized spacial score (nSPS) is 12.2. The molecule has 3 rings (SSSR count). The molecule has 0 radical (unpaired) electrons. The summed E-state index contributed by atoms with van der Waals surface area (Å²) in [6.45, 7) is 12.2. The van der Waals surface area contributed by atoms with Crippen LogP contribution in [0.15, 0.2) is 41.6 Å². The van der Waals surface area contributed by atoms with Crippen LogP contribution in [0, 0.1) is 20.8 Å². The van der Waals surface area contributed by atoms with Crippen LogP contribution in [0.2, 0.25) is 0 Å². The Morgan fingerprint density at radius 2 is 1.72 bits per heavy atom. The Kier molecular flexibility index (Phi) is 6.37. The van der Waals surface area contributed by atoms with Gasteiger partial charge in [-0.15, -0.1) is 5.10 Å². The molecule has 0 spiro atoms. The van der Waals surface area contributed by atoms with E-state index in [4.69, 9.17) is 0 Å². The van der Waals surface area contributed by atoms with Crippen molar-refractivity contribution in [3.8, 4) is 5.69 Å². The van der Waals surface area contributed by atoms with Crippen molar-refractivity contribution in [3.05, 3.63) is 58.7 Å². The van der Waals surface area contributed by atoms with E-state index in [2.05, 4.69) is 53.7 Å². The standard InChI is InChI=1S/C22H27N5OS/c1-13(2)18-11-7-10-15(4)20(18)23-21(28)17(6)29-22-24-25-26-27(22)19-12-8-9-14(3)16(19)5/h7-13,17H,1-6H3,(H,23,28)/t17-/m0/s1. The lowest BCUT2D eigenvalue weighted by atomic mass is 9.98. The first kappa shape index (κ1) is 21.0. The number of aromatic nitrogens is 4. The first-order chi connectivity index (χ1) is 13.8. The number of anilines is 1. The summed E-state index contributed by atoms with van der Waals surface area (Å²) in [6.07, 6.45) is 0. The van der Waals surface area contributed by atoms with E-state index < -0.39 is 0 Å². The van der Waals surface area contributed by atoms with E-state index in [1.54, 1.807) is 4.68 Å². The fourth-order valence-corrected chi connectivity index (χ4v) is 3.95. The smallest absolute Gasteiger partial charge is 0.237 e. The van der Waals surface area contributed by atoms with Crippen LogP contribution in [0.4, 0.5) is 5.69 Å². The Hall–Kier alpha value is -2.67. The van der Waals surface area contributed by atoms with E-state index in [9.17, 15) is 4.79 Å². The number of thioether (sulfide) groups is 1. The largest absolute Gasteiger partial charge is 0.325 e. The average Bonchev–Trinajstić information content (AvgIpc) is 3.13. The van der Waals surface area contributed by atoms with Crippen molar-refractivity contribution < 1.29 is 4.79 Å². The van der Waals surface area contributed by atoms with Gasteiger partial charge in [-0.05, 0) is 72.4 Å². The number of nitrogens with one attached hydrogen (secondary N) is 1. The number of benzene rings is 2. The van der Waals surface area contributed by atoms with Crippen molar-refractivity contribution >= 4 is 23.4 Å². The number of carbonyl (C=O) groups excluding carboxylic acids is 1. The van der Waals surface area contributed by atoms with Crippen molar-refractivity contribution in [2.75, 3.05) is 5.32 Å². The molecule has 0 unspecified atom stereocenters. The predicted molar refractivity (Wildman–Crippen MR) is 118 cm³/mol. The van der Waals surface area contributed by atoms with Gasteiger partial charge in [-0.3, -0.25) is 4.79 Å². The predicted octanol–water partition coefficient (Wildman–Crippen LogP) is 4.83. The summed E-state index contributed by atoms with van der Waals surface area (Å²) in [5.41, 5.74) is 6.29. The van der Waals surface area contributed by atoms with Crippen molar-refractivity contribution in [3.63, 3.8) is 0 Å². The molecule has 7 heteroatoms. The molecule has 1 heterocycles. The molecular formula is C22H27N5OS. The number of hydrogen-bond acceptors (Lipinski definition) is 5. The molecule has 1 atom stereocenters. The molecule has 0 bridgehead atoms. The molecule has 0 aliphatic heterocycles. The second kappa shape index (κ2) is 8.78. The number of rotatable bonds is 6. The Labute approximate surface area is 176 Å². The second-order valence-electron chi connectivity index (χ2n) is 7.54. The molecule has 152 valence electrons. The third-order valence-corrected chi connectivity index (χ3v) is 6.10. The molecule has 1 aromatic heterocycles.